The number of anilines is 2. The normalized spacial score (nSPS) is 28.1. The molecule has 100 valence electrons. The van der Waals surface area contributed by atoms with Crippen LogP contribution >= 0.6 is 15.9 Å². The lowest BCUT2D eigenvalue weighted by atomic mass is 9.76. The van der Waals surface area contributed by atoms with E-state index < -0.39 is 0 Å². The van der Waals surface area contributed by atoms with Crippen LogP contribution in [-0.4, -0.2) is 17.3 Å². The van der Waals surface area contributed by atoms with Crippen molar-refractivity contribution in [2.75, 3.05) is 17.7 Å². The number of aliphatic hydroxyl groups excluding tert-OH is 1. The van der Waals surface area contributed by atoms with Gasteiger partial charge in [-0.2, -0.15) is 0 Å². The van der Waals surface area contributed by atoms with Crippen LogP contribution in [0.15, 0.2) is 22.7 Å². The smallest absolute Gasteiger partial charge is 0.0661 e. The van der Waals surface area contributed by atoms with E-state index in [0.29, 0.717) is 5.92 Å². The van der Waals surface area contributed by atoms with Crippen molar-refractivity contribution in [3.8, 4) is 0 Å². The molecule has 2 unspecified atom stereocenters. The van der Waals surface area contributed by atoms with E-state index in [2.05, 4.69) is 28.2 Å². The molecule has 1 aromatic carbocycles. The summed E-state index contributed by atoms with van der Waals surface area (Å²) < 4.78 is 0.952. The highest BCUT2D eigenvalue weighted by atomic mass is 79.9. The molecule has 4 N–H and O–H groups in total. The van der Waals surface area contributed by atoms with Crippen LogP contribution in [-0.2, 0) is 0 Å². The van der Waals surface area contributed by atoms with Crippen LogP contribution in [0.3, 0.4) is 0 Å². The maximum Gasteiger partial charge on any atom is 0.0661 e. The first-order valence-corrected chi connectivity index (χ1v) is 7.28. The van der Waals surface area contributed by atoms with E-state index in [1.807, 2.05) is 18.2 Å². The Labute approximate surface area is 117 Å². The quantitative estimate of drug-likeness (QED) is 0.750. The molecule has 0 radical (unpaired) electrons. The Hall–Kier alpha value is -0.740. The molecule has 0 amide bonds. The minimum atomic E-state index is -0.184. The number of hydrogen-bond acceptors (Lipinski definition) is 3. The van der Waals surface area contributed by atoms with Gasteiger partial charge >= 0.3 is 0 Å². The third-order valence-corrected chi connectivity index (χ3v) is 4.44. The van der Waals surface area contributed by atoms with E-state index in [1.54, 1.807) is 0 Å². The Balaban J connectivity index is 2.19. The lowest BCUT2D eigenvalue weighted by Crippen LogP contribution is -2.45. The molecular formula is C14H21BrN2O. The third-order valence-electron chi connectivity index (χ3n) is 3.79. The number of nitrogen functional groups attached to an aromatic ring is 1. The highest BCUT2D eigenvalue weighted by Crippen LogP contribution is 2.36. The second kappa shape index (κ2) is 5.49. The van der Waals surface area contributed by atoms with Crippen molar-refractivity contribution in [3.05, 3.63) is 22.7 Å². The monoisotopic (exact) mass is 312 g/mol. The Morgan fingerprint density at radius 2 is 2.33 bits per heavy atom. The first-order chi connectivity index (χ1) is 8.54. The molecule has 2 rings (SSSR count). The fraction of sp³-hybridized carbons (Fsp3) is 0.571. The number of hydrogen-bond donors (Lipinski definition) is 3. The molecule has 0 saturated heterocycles. The van der Waals surface area contributed by atoms with Crippen molar-refractivity contribution in [1.82, 2.24) is 0 Å². The molecule has 0 aromatic heterocycles. The van der Waals surface area contributed by atoms with E-state index in [-0.39, 0.29) is 12.1 Å². The summed E-state index contributed by atoms with van der Waals surface area (Å²) >= 11 is 3.52. The van der Waals surface area contributed by atoms with Gasteiger partial charge in [0, 0.05) is 15.8 Å². The maximum absolute atomic E-state index is 9.76. The largest absolute Gasteiger partial charge is 0.399 e. The van der Waals surface area contributed by atoms with E-state index in [9.17, 15) is 5.11 Å². The molecule has 4 heteroatoms. The zero-order valence-corrected chi connectivity index (χ0v) is 12.3. The van der Waals surface area contributed by atoms with E-state index >= 15 is 0 Å². The highest BCUT2D eigenvalue weighted by molar-refractivity contribution is 9.10. The van der Waals surface area contributed by atoms with Gasteiger partial charge in [0.15, 0.2) is 0 Å². The predicted molar refractivity (Wildman–Crippen MR) is 79.6 cm³/mol. The molecular weight excluding hydrogens is 292 g/mol. The topological polar surface area (TPSA) is 58.3 Å². The van der Waals surface area contributed by atoms with E-state index in [1.165, 1.54) is 12.8 Å². The van der Waals surface area contributed by atoms with Crippen molar-refractivity contribution >= 4 is 27.3 Å². The first kappa shape index (κ1) is 13.7. The van der Waals surface area contributed by atoms with Gasteiger partial charge in [-0.3, -0.25) is 0 Å². The molecule has 3 nitrogen and oxygen atoms in total. The molecule has 2 atom stereocenters. The van der Waals surface area contributed by atoms with Crippen molar-refractivity contribution in [2.45, 2.75) is 38.1 Å². The lowest BCUT2D eigenvalue weighted by Gasteiger charge is -2.40. The van der Waals surface area contributed by atoms with Crippen LogP contribution < -0.4 is 11.1 Å². The molecule has 1 aromatic rings. The van der Waals surface area contributed by atoms with Crippen LogP contribution in [0, 0.1) is 5.92 Å². The Bertz CT molecular complexity index is 424. The van der Waals surface area contributed by atoms with Gasteiger partial charge in [0.25, 0.3) is 0 Å². The zero-order valence-electron chi connectivity index (χ0n) is 10.7. The summed E-state index contributed by atoms with van der Waals surface area (Å²) in [4.78, 5) is 0. The molecule has 18 heavy (non-hydrogen) atoms. The SMILES string of the molecule is CC1CCCC(CO)(Nc2ccc(N)cc2Br)C1. The summed E-state index contributed by atoms with van der Waals surface area (Å²) in [5.74, 6) is 0.658. The van der Waals surface area contributed by atoms with Gasteiger partial charge in [-0.25, -0.2) is 0 Å². The van der Waals surface area contributed by atoms with Gasteiger partial charge in [-0.05, 0) is 52.9 Å². The molecule has 1 aliphatic rings. The van der Waals surface area contributed by atoms with Crippen LogP contribution in [0.2, 0.25) is 0 Å². The summed E-state index contributed by atoms with van der Waals surface area (Å²) in [7, 11) is 0. The van der Waals surface area contributed by atoms with E-state index in [4.69, 9.17) is 5.73 Å². The van der Waals surface area contributed by atoms with Gasteiger partial charge in [-0.15, -0.1) is 0 Å². The Kier molecular flexibility index (Phi) is 4.17. The molecule has 0 bridgehead atoms. The number of nitrogens with two attached hydrogens (primary N) is 1. The van der Waals surface area contributed by atoms with Crippen molar-refractivity contribution < 1.29 is 5.11 Å². The Morgan fingerprint density at radius 1 is 1.56 bits per heavy atom. The average molecular weight is 313 g/mol. The number of benzene rings is 1. The van der Waals surface area contributed by atoms with Gasteiger partial charge in [-0.1, -0.05) is 19.8 Å². The number of aliphatic hydroxyl groups is 1. The lowest BCUT2D eigenvalue weighted by molar-refractivity contribution is 0.149. The van der Waals surface area contributed by atoms with Crippen molar-refractivity contribution in [2.24, 2.45) is 5.92 Å². The van der Waals surface area contributed by atoms with Crippen molar-refractivity contribution in [3.63, 3.8) is 0 Å². The standard InChI is InChI=1S/C14H21BrN2O/c1-10-3-2-6-14(8-10,9-18)17-13-5-4-11(16)7-12(13)15/h4-5,7,10,17-18H,2-3,6,8-9,16H2,1H3. The number of rotatable bonds is 3. The average Bonchev–Trinajstić information content (AvgIpc) is 2.33. The van der Waals surface area contributed by atoms with Gasteiger partial charge in [0.1, 0.15) is 0 Å². The van der Waals surface area contributed by atoms with Crippen LogP contribution in [0.4, 0.5) is 11.4 Å². The van der Waals surface area contributed by atoms with Gasteiger partial charge in [0.2, 0.25) is 0 Å². The van der Waals surface area contributed by atoms with Crippen molar-refractivity contribution in [1.29, 1.82) is 0 Å². The van der Waals surface area contributed by atoms with Crippen LogP contribution in [0.5, 0.6) is 0 Å². The molecule has 1 saturated carbocycles. The molecule has 0 aliphatic heterocycles. The minimum Gasteiger partial charge on any atom is -0.399 e. The third kappa shape index (κ3) is 2.98. The fourth-order valence-electron chi connectivity index (χ4n) is 2.88. The minimum absolute atomic E-state index is 0.175. The van der Waals surface area contributed by atoms with Crippen LogP contribution in [0.1, 0.15) is 32.6 Å². The Morgan fingerprint density at radius 3 is 2.94 bits per heavy atom. The van der Waals surface area contributed by atoms with Gasteiger partial charge in [0.05, 0.1) is 12.1 Å². The van der Waals surface area contributed by atoms with Crippen LogP contribution in [0.25, 0.3) is 0 Å². The molecule has 0 heterocycles. The fourth-order valence-corrected chi connectivity index (χ4v) is 3.37. The number of nitrogens with one attached hydrogen (secondary N) is 1. The number of halogens is 1. The molecule has 0 spiro atoms. The summed E-state index contributed by atoms with van der Waals surface area (Å²) in [6, 6.07) is 5.74. The summed E-state index contributed by atoms with van der Waals surface area (Å²) in [6.45, 7) is 2.43. The molecule has 1 aliphatic carbocycles. The predicted octanol–water partition coefficient (Wildman–Crippen LogP) is 3.38. The second-order valence-corrected chi connectivity index (χ2v) is 6.36. The maximum atomic E-state index is 9.76. The highest BCUT2D eigenvalue weighted by Gasteiger charge is 2.34. The second-order valence-electron chi connectivity index (χ2n) is 5.50. The summed E-state index contributed by atoms with van der Waals surface area (Å²) in [5.41, 5.74) is 7.30. The molecule has 1 fully saturated rings. The zero-order chi connectivity index (χ0) is 13.2. The van der Waals surface area contributed by atoms with Gasteiger partial charge < -0.3 is 16.2 Å². The summed E-state index contributed by atoms with van der Waals surface area (Å²) in [6.07, 6.45) is 4.46. The van der Waals surface area contributed by atoms with E-state index in [0.717, 1.165) is 28.7 Å². The summed E-state index contributed by atoms with van der Waals surface area (Å²) in [5, 5.41) is 13.3. The first-order valence-electron chi connectivity index (χ1n) is 6.49.